The summed E-state index contributed by atoms with van der Waals surface area (Å²) in [6, 6.07) is 12.7. The zero-order valence-electron chi connectivity index (χ0n) is 14.0. The number of anilines is 1. The Bertz CT molecular complexity index is 1010. The molecule has 0 atom stereocenters. The highest BCUT2D eigenvalue weighted by Crippen LogP contribution is 2.14. The Hall–Kier alpha value is -3.58. The number of allylic oxidation sites excluding steroid dienone is 1. The third-order valence-corrected chi connectivity index (χ3v) is 4.36. The molecule has 0 saturated heterocycles. The zero-order chi connectivity index (χ0) is 19.2. The molecule has 1 amide bonds. The molecule has 2 aromatic carbocycles. The monoisotopic (exact) mass is 378 g/mol. The first-order valence-corrected chi connectivity index (χ1v) is 8.78. The van der Waals surface area contributed by atoms with Crippen molar-refractivity contribution in [3.05, 3.63) is 88.4 Å². The third-order valence-electron chi connectivity index (χ3n) is 3.68. The lowest BCUT2D eigenvalue weighted by Gasteiger charge is -2.03. The predicted octanol–water partition coefficient (Wildman–Crippen LogP) is 3.99. The number of nitrogens with zero attached hydrogens (tertiary/aromatic N) is 1. The number of rotatable bonds is 6. The van der Waals surface area contributed by atoms with Crippen molar-refractivity contribution < 1.29 is 19.5 Å². The van der Waals surface area contributed by atoms with E-state index < -0.39 is 11.8 Å². The fraction of sp³-hybridized carbons (Fsp3) is 0. The first-order valence-electron chi connectivity index (χ1n) is 7.90. The molecule has 134 valence electrons. The summed E-state index contributed by atoms with van der Waals surface area (Å²) in [4.78, 5) is 39.6. The van der Waals surface area contributed by atoms with Gasteiger partial charge in [0.25, 0.3) is 5.91 Å². The van der Waals surface area contributed by atoms with Gasteiger partial charge in [-0.2, -0.15) is 0 Å². The largest absolute Gasteiger partial charge is 0.478 e. The molecule has 3 aromatic rings. The van der Waals surface area contributed by atoms with E-state index in [0.29, 0.717) is 16.3 Å². The predicted molar refractivity (Wildman–Crippen MR) is 103 cm³/mol. The fourth-order valence-corrected chi connectivity index (χ4v) is 2.87. The van der Waals surface area contributed by atoms with Gasteiger partial charge in [-0.25, -0.2) is 9.78 Å². The van der Waals surface area contributed by atoms with E-state index in [-0.39, 0.29) is 17.0 Å². The van der Waals surface area contributed by atoms with Crippen molar-refractivity contribution >= 4 is 40.2 Å². The van der Waals surface area contributed by atoms with Gasteiger partial charge in [-0.05, 0) is 29.8 Å². The Balaban J connectivity index is 1.70. The highest BCUT2D eigenvalue weighted by atomic mass is 32.1. The van der Waals surface area contributed by atoms with Crippen molar-refractivity contribution in [1.82, 2.24) is 4.98 Å². The highest BCUT2D eigenvalue weighted by molar-refractivity contribution is 7.13. The molecule has 0 spiro atoms. The molecular weight excluding hydrogens is 364 g/mol. The van der Waals surface area contributed by atoms with Gasteiger partial charge in [-0.15, -0.1) is 11.3 Å². The summed E-state index contributed by atoms with van der Waals surface area (Å²) in [5.41, 5.74) is 1.26. The summed E-state index contributed by atoms with van der Waals surface area (Å²) in [5, 5.41) is 14.1. The number of aromatic carboxylic acids is 1. The molecule has 27 heavy (non-hydrogen) atoms. The van der Waals surface area contributed by atoms with Crippen molar-refractivity contribution in [2.75, 3.05) is 5.32 Å². The van der Waals surface area contributed by atoms with E-state index in [2.05, 4.69) is 10.3 Å². The van der Waals surface area contributed by atoms with Crippen molar-refractivity contribution in [1.29, 1.82) is 0 Å². The maximum atomic E-state index is 12.3. The normalized spacial score (nSPS) is 10.7. The van der Waals surface area contributed by atoms with Crippen LogP contribution >= 0.6 is 11.3 Å². The Morgan fingerprint density at radius 3 is 2.33 bits per heavy atom. The van der Waals surface area contributed by atoms with E-state index in [1.165, 1.54) is 29.5 Å². The first-order chi connectivity index (χ1) is 13.0. The van der Waals surface area contributed by atoms with Gasteiger partial charge in [0.1, 0.15) is 0 Å². The number of benzene rings is 2. The number of carboxylic acid groups (broad SMARTS) is 1. The lowest BCUT2D eigenvalue weighted by Crippen LogP contribution is -2.11. The molecule has 1 aromatic heterocycles. The summed E-state index contributed by atoms with van der Waals surface area (Å²) in [6.45, 7) is 0. The minimum atomic E-state index is -1.15. The van der Waals surface area contributed by atoms with E-state index in [1.54, 1.807) is 54.1 Å². The number of carbonyl (C=O) groups excluding carboxylic acids is 2. The average molecular weight is 378 g/mol. The summed E-state index contributed by atoms with van der Waals surface area (Å²) < 4.78 is 0. The SMILES string of the molecule is O=C(Nc1nccs1)c1ccc(/C=C/C(=O)c2ccccc2C(=O)O)cc1. The molecule has 0 unspecified atom stereocenters. The van der Waals surface area contributed by atoms with Crippen molar-refractivity contribution in [3.63, 3.8) is 0 Å². The van der Waals surface area contributed by atoms with Gasteiger partial charge in [0.05, 0.1) is 5.56 Å². The number of ketones is 1. The van der Waals surface area contributed by atoms with Crippen LogP contribution in [0.2, 0.25) is 0 Å². The van der Waals surface area contributed by atoms with Gasteiger partial charge in [0.2, 0.25) is 0 Å². The van der Waals surface area contributed by atoms with Crippen molar-refractivity contribution in [2.24, 2.45) is 0 Å². The molecule has 0 aliphatic heterocycles. The number of hydrogen-bond acceptors (Lipinski definition) is 5. The topological polar surface area (TPSA) is 96.4 Å². The van der Waals surface area contributed by atoms with Crippen LogP contribution in [-0.4, -0.2) is 27.8 Å². The molecule has 1 heterocycles. The summed E-state index contributed by atoms with van der Waals surface area (Å²) in [6.07, 6.45) is 4.49. The number of carboxylic acids is 1. The molecule has 3 rings (SSSR count). The van der Waals surface area contributed by atoms with Crippen LogP contribution in [0.4, 0.5) is 5.13 Å². The number of hydrogen-bond donors (Lipinski definition) is 2. The number of nitrogens with one attached hydrogen (secondary N) is 1. The van der Waals surface area contributed by atoms with Gasteiger partial charge in [0.15, 0.2) is 10.9 Å². The smallest absolute Gasteiger partial charge is 0.336 e. The number of amides is 1. The summed E-state index contributed by atoms with van der Waals surface area (Å²) >= 11 is 1.33. The minimum Gasteiger partial charge on any atom is -0.478 e. The van der Waals surface area contributed by atoms with Gasteiger partial charge in [-0.1, -0.05) is 36.4 Å². The molecule has 0 fully saturated rings. The Morgan fingerprint density at radius 1 is 1.00 bits per heavy atom. The average Bonchev–Trinajstić information content (AvgIpc) is 3.19. The molecule has 0 radical (unpaired) electrons. The molecule has 0 bridgehead atoms. The Kier molecular flexibility index (Phi) is 5.53. The van der Waals surface area contributed by atoms with E-state index in [4.69, 9.17) is 5.11 Å². The number of aromatic nitrogens is 1. The maximum absolute atomic E-state index is 12.3. The van der Waals surface area contributed by atoms with Gasteiger partial charge in [-0.3, -0.25) is 14.9 Å². The molecular formula is C20H14N2O4S. The maximum Gasteiger partial charge on any atom is 0.336 e. The highest BCUT2D eigenvalue weighted by Gasteiger charge is 2.13. The second-order valence-corrected chi connectivity index (χ2v) is 6.36. The standard InChI is InChI=1S/C20H14N2O4S/c23-17(15-3-1-2-4-16(15)19(25)26)10-7-13-5-8-14(9-6-13)18(24)22-20-21-11-12-27-20/h1-12H,(H,25,26)(H,21,22,24)/b10-7+. The molecule has 2 N–H and O–H groups in total. The lowest BCUT2D eigenvalue weighted by molar-refractivity contribution is 0.0692. The molecule has 0 aliphatic carbocycles. The molecule has 6 nitrogen and oxygen atoms in total. The third kappa shape index (κ3) is 4.53. The second kappa shape index (κ2) is 8.20. The van der Waals surface area contributed by atoms with Crippen LogP contribution in [0.5, 0.6) is 0 Å². The van der Waals surface area contributed by atoms with E-state index in [1.807, 2.05) is 0 Å². The molecule has 0 aliphatic rings. The van der Waals surface area contributed by atoms with Gasteiger partial charge < -0.3 is 5.11 Å². The Labute approximate surface area is 158 Å². The first kappa shape index (κ1) is 18.2. The second-order valence-electron chi connectivity index (χ2n) is 5.46. The summed E-state index contributed by atoms with van der Waals surface area (Å²) in [7, 11) is 0. The van der Waals surface area contributed by atoms with Crippen LogP contribution in [0, 0.1) is 0 Å². The fourth-order valence-electron chi connectivity index (χ4n) is 2.35. The van der Waals surface area contributed by atoms with Crippen LogP contribution in [0.15, 0.2) is 66.2 Å². The number of carbonyl (C=O) groups is 3. The van der Waals surface area contributed by atoms with Crippen LogP contribution < -0.4 is 5.32 Å². The lowest BCUT2D eigenvalue weighted by atomic mass is 10.0. The quantitative estimate of drug-likeness (QED) is 0.499. The van der Waals surface area contributed by atoms with Gasteiger partial charge in [0, 0.05) is 22.7 Å². The van der Waals surface area contributed by atoms with E-state index >= 15 is 0 Å². The van der Waals surface area contributed by atoms with E-state index in [0.717, 1.165) is 0 Å². The van der Waals surface area contributed by atoms with Crippen molar-refractivity contribution in [2.45, 2.75) is 0 Å². The van der Waals surface area contributed by atoms with Crippen LogP contribution in [-0.2, 0) is 0 Å². The van der Waals surface area contributed by atoms with Crippen LogP contribution in [0.3, 0.4) is 0 Å². The van der Waals surface area contributed by atoms with Gasteiger partial charge >= 0.3 is 5.97 Å². The summed E-state index contributed by atoms with van der Waals surface area (Å²) in [5.74, 6) is -1.83. The van der Waals surface area contributed by atoms with E-state index in [9.17, 15) is 14.4 Å². The molecule has 0 saturated carbocycles. The minimum absolute atomic E-state index is 0.0404. The number of thiazole rings is 1. The van der Waals surface area contributed by atoms with Crippen LogP contribution in [0.1, 0.15) is 36.6 Å². The zero-order valence-corrected chi connectivity index (χ0v) is 14.8. The van der Waals surface area contributed by atoms with Crippen LogP contribution in [0.25, 0.3) is 6.08 Å². The van der Waals surface area contributed by atoms with Crippen molar-refractivity contribution in [3.8, 4) is 0 Å². The molecule has 7 heteroatoms. The Morgan fingerprint density at radius 2 is 1.70 bits per heavy atom.